The predicted octanol–water partition coefficient (Wildman–Crippen LogP) is -0.224. The van der Waals surface area contributed by atoms with Gasteiger partial charge in [-0.15, -0.1) is 0 Å². The number of hydrogen-bond donors (Lipinski definition) is 0. The Kier molecular flexibility index (Phi) is 1.71. The second kappa shape index (κ2) is 2.70. The molecular weight excluding hydrogens is 128 g/mol. The molecule has 1 unspecified atom stereocenters. The van der Waals surface area contributed by atoms with Crippen molar-refractivity contribution in [2.75, 3.05) is 26.4 Å². The summed E-state index contributed by atoms with van der Waals surface area (Å²) in [7, 11) is 0. The summed E-state index contributed by atoms with van der Waals surface area (Å²) >= 11 is 0. The second-order valence-electron chi connectivity index (χ2n) is 2.56. The number of ether oxygens (including phenoxy) is 1. The number of rotatable bonds is 1. The Balaban J connectivity index is 1.91. The molecule has 0 amide bonds. The van der Waals surface area contributed by atoms with E-state index in [2.05, 4.69) is 22.4 Å². The van der Waals surface area contributed by atoms with Crippen molar-refractivity contribution in [2.45, 2.75) is 6.17 Å². The lowest BCUT2D eigenvalue weighted by atomic mass is 10.4. The average Bonchev–Trinajstić information content (AvgIpc) is 2.59. The van der Waals surface area contributed by atoms with Crippen LogP contribution in [0.4, 0.5) is 0 Å². The van der Waals surface area contributed by atoms with Gasteiger partial charge in [-0.25, -0.2) is 5.32 Å². The third-order valence-corrected chi connectivity index (χ3v) is 1.86. The first kappa shape index (κ1) is 6.34. The van der Waals surface area contributed by atoms with E-state index in [1.165, 1.54) is 0 Å². The first-order chi connectivity index (χ1) is 4.97. The van der Waals surface area contributed by atoms with Crippen LogP contribution in [0, 0.1) is 0 Å². The third kappa shape index (κ3) is 1.08. The summed E-state index contributed by atoms with van der Waals surface area (Å²) in [5.41, 5.74) is 0. The van der Waals surface area contributed by atoms with Crippen LogP contribution in [0.2, 0.25) is 0 Å². The Hall–Kier alpha value is -0.380. The Morgan fingerprint density at radius 2 is 2.60 bits per heavy atom. The molecule has 1 saturated heterocycles. The zero-order valence-corrected chi connectivity index (χ0v) is 5.86. The molecule has 0 aromatic rings. The quantitative estimate of drug-likeness (QED) is 0.469. The third-order valence-electron chi connectivity index (χ3n) is 1.86. The summed E-state index contributed by atoms with van der Waals surface area (Å²) in [6.45, 7) is 3.51. The molecule has 1 atom stereocenters. The molecule has 3 nitrogen and oxygen atoms in total. The van der Waals surface area contributed by atoms with E-state index in [0.717, 1.165) is 26.4 Å². The highest BCUT2D eigenvalue weighted by Gasteiger charge is 2.21. The largest absolute Gasteiger partial charge is 0.365 e. The Labute approximate surface area is 60.7 Å². The summed E-state index contributed by atoms with van der Waals surface area (Å²) < 4.78 is 5.20. The molecule has 2 heterocycles. The summed E-state index contributed by atoms with van der Waals surface area (Å²) in [6.07, 6.45) is 4.54. The highest BCUT2D eigenvalue weighted by molar-refractivity contribution is 5.01. The van der Waals surface area contributed by atoms with Crippen LogP contribution >= 0.6 is 0 Å². The first-order valence-electron chi connectivity index (χ1n) is 3.62. The molecule has 0 bridgehead atoms. The minimum atomic E-state index is 0.308. The zero-order valence-electron chi connectivity index (χ0n) is 5.86. The average molecular weight is 139 g/mol. The van der Waals surface area contributed by atoms with E-state index < -0.39 is 0 Å². The molecule has 0 spiro atoms. The Morgan fingerprint density at radius 3 is 3.20 bits per heavy atom. The fourth-order valence-corrected chi connectivity index (χ4v) is 1.29. The normalized spacial score (nSPS) is 33.8. The Morgan fingerprint density at radius 1 is 1.60 bits per heavy atom. The summed E-state index contributed by atoms with van der Waals surface area (Å²) in [5, 5.41) is 4.35. The van der Waals surface area contributed by atoms with Gasteiger partial charge in [-0.05, 0) is 0 Å². The SMILES string of the molecule is C1=CC(N2CCOC2)[N]C1. The highest BCUT2D eigenvalue weighted by Crippen LogP contribution is 2.08. The van der Waals surface area contributed by atoms with Gasteiger partial charge in [0.1, 0.15) is 6.73 Å². The molecule has 2 aliphatic rings. The van der Waals surface area contributed by atoms with Crippen molar-refractivity contribution >= 4 is 0 Å². The van der Waals surface area contributed by atoms with Crippen LogP contribution in [0.5, 0.6) is 0 Å². The van der Waals surface area contributed by atoms with Gasteiger partial charge in [0.25, 0.3) is 0 Å². The maximum absolute atomic E-state index is 5.20. The maximum Gasteiger partial charge on any atom is 0.101 e. The number of hydrogen-bond acceptors (Lipinski definition) is 2. The van der Waals surface area contributed by atoms with Gasteiger partial charge in [0.05, 0.1) is 12.8 Å². The van der Waals surface area contributed by atoms with Crippen molar-refractivity contribution in [1.29, 1.82) is 0 Å². The zero-order chi connectivity index (χ0) is 6.81. The molecule has 0 N–H and O–H groups in total. The summed E-state index contributed by atoms with van der Waals surface area (Å²) in [6, 6.07) is 0. The summed E-state index contributed by atoms with van der Waals surface area (Å²) in [4.78, 5) is 2.23. The van der Waals surface area contributed by atoms with Crippen LogP contribution < -0.4 is 5.32 Å². The molecule has 0 aliphatic carbocycles. The molecule has 1 radical (unpaired) electrons. The number of nitrogens with zero attached hydrogens (tertiary/aromatic N) is 2. The van der Waals surface area contributed by atoms with Crippen LogP contribution in [0.15, 0.2) is 12.2 Å². The molecule has 2 aliphatic heterocycles. The molecule has 2 rings (SSSR count). The molecule has 10 heavy (non-hydrogen) atoms. The van der Waals surface area contributed by atoms with E-state index in [1.807, 2.05) is 0 Å². The van der Waals surface area contributed by atoms with Crippen molar-refractivity contribution in [2.24, 2.45) is 0 Å². The molecule has 0 aromatic carbocycles. The van der Waals surface area contributed by atoms with Gasteiger partial charge in [-0.2, -0.15) is 0 Å². The molecule has 0 aromatic heterocycles. The van der Waals surface area contributed by atoms with E-state index in [1.54, 1.807) is 0 Å². The molecule has 55 valence electrons. The van der Waals surface area contributed by atoms with Gasteiger partial charge in [0.15, 0.2) is 0 Å². The van der Waals surface area contributed by atoms with E-state index >= 15 is 0 Å². The second-order valence-corrected chi connectivity index (χ2v) is 2.56. The van der Waals surface area contributed by atoms with Crippen LogP contribution in [0.25, 0.3) is 0 Å². The highest BCUT2D eigenvalue weighted by atomic mass is 16.5. The van der Waals surface area contributed by atoms with Gasteiger partial charge in [0.2, 0.25) is 0 Å². The van der Waals surface area contributed by atoms with Gasteiger partial charge < -0.3 is 4.74 Å². The van der Waals surface area contributed by atoms with Crippen molar-refractivity contribution in [3.05, 3.63) is 12.2 Å². The molecule has 0 saturated carbocycles. The fourth-order valence-electron chi connectivity index (χ4n) is 1.29. The van der Waals surface area contributed by atoms with E-state index in [0.29, 0.717) is 6.17 Å². The predicted molar refractivity (Wildman–Crippen MR) is 37.5 cm³/mol. The van der Waals surface area contributed by atoms with Crippen molar-refractivity contribution < 1.29 is 4.74 Å². The lowest BCUT2D eigenvalue weighted by Crippen LogP contribution is -2.36. The van der Waals surface area contributed by atoms with Crippen LogP contribution in [0.1, 0.15) is 0 Å². The standard InChI is InChI=1S/C7H11N2O/c1-2-7(8-3-1)9-4-5-10-6-9/h1-2,7H,3-6H2. The van der Waals surface area contributed by atoms with Crippen LogP contribution in [-0.4, -0.2) is 37.5 Å². The molecule has 3 heteroatoms. The fraction of sp³-hybridized carbons (Fsp3) is 0.714. The monoisotopic (exact) mass is 139 g/mol. The van der Waals surface area contributed by atoms with Gasteiger partial charge >= 0.3 is 0 Å². The van der Waals surface area contributed by atoms with Crippen LogP contribution in [-0.2, 0) is 4.74 Å². The van der Waals surface area contributed by atoms with Gasteiger partial charge in [0, 0.05) is 13.1 Å². The Bertz CT molecular complexity index is 141. The minimum Gasteiger partial charge on any atom is -0.365 e. The van der Waals surface area contributed by atoms with Gasteiger partial charge in [-0.1, -0.05) is 12.2 Å². The summed E-state index contributed by atoms with van der Waals surface area (Å²) in [5.74, 6) is 0. The lowest BCUT2D eigenvalue weighted by molar-refractivity contribution is 0.119. The van der Waals surface area contributed by atoms with Crippen molar-refractivity contribution in [1.82, 2.24) is 10.2 Å². The van der Waals surface area contributed by atoms with Gasteiger partial charge in [-0.3, -0.25) is 4.90 Å². The minimum absolute atomic E-state index is 0.308. The molecule has 1 fully saturated rings. The lowest BCUT2D eigenvalue weighted by Gasteiger charge is -2.18. The van der Waals surface area contributed by atoms with E-state index in [-0.39, 0.29) is 0 Å². The maximum atomic E-state index is 5.20. The topological polar surface area (TPSA) is 26.6 Å². The van der Waals surface area contributed by atoms with Crippen LogP contribution in [0.3, 0.4) is 0 Å². The van der Waals surface area contributed by atoms with E-state index in [9.17, 15) is 0 Å². The van der Waals surface area contributed by atoms with E-state index in [4.69, 9.17) is 4.74 Å². The van der Waals surface area contributed by atoms with Crippen molar-refractivity contribution in [3.8, 4) is 0 Å². The first-order valence-corrected chi connectivity index (χ1v) is 3.62. The van der Waals surface area contributed by atoms with Crippen molar-refractivity contribution in [3.63, 3.8) is 0 Å². The molecular formula is C7H11N2O. The smallest absolute Gasteiger partial charge is 0.101 e.